The number of ether oxygens (including phenoxy) is 2. The van der Waals surface area contributed by atoms with Crippen LogP contribution in [0.3, 0.4) is 0 Å². The van der Waals surface area contributed by atoms with Crippen molar-refractivity contribution in [3.63, 3.8) is 0 Å². The van der Waals surface area contributed by atoms with Gasteiger partial charge in [-0.2, -0.15) is 0 Å². The zero-order valence-corrected chi connectivity index (χ0v) is 14.1. The number of hydrogen-bond acceptors (Lipinski definition) is 5. The molecule has 0 aromatic rings. The molecule has 21 heavy (non-hydrogen) atoms. The highest BCUT2D eigenvalue weighted by Crippen LogP contribution is 2.16. The van der Waals surface area contributed by atoms with Gasteiger partial charge in [-0.1, -0.05) is 0 Å². The Morgan fingerprint density at radius 1 is 1.24 bits per heavy atom. The van der Waals surface area contributed by atoms with Gasteiger partial charge in [0.25, 0.3) is 0 Å². The van der Waals surface area contributed by atoms with E-state index in [1.807, 2.05) is 13.8 Å². The summed E-state index contributed by atoms with van der Waals surface area (Å²) in [6, 6.07) is 0.125. The Hall–Kier alpha value is -0.690. The molecule has 2 unspecified atom stereocenters. The highest BCUT2D eigenvalue weighted by Gasteiger charge is 2.34. The first kappa shape index (κ1) is 20.3. The maximum absolute atomic E-state index is 11.4. The van der Waals surface area contributed by atoms with Gasteiger partial charge < -0.3 is 19.9 Å². The predicted molar refractivity (Wildman–Crippen MR) is 83.7 cm³/mol. The van der Waals surface area contributed by atoms with Gasteiger partial charge in [0.2, 0.25) is 0 Å². The molecule has 2 atom stereocenters. The second-order valence-electron chi connectivity index (χ2n) is 5.37. The van der Waals surface area contributed by atoms with Crippen molar-refractivity contribution in [1.82, 2.24) is 10.2 Å². The molecule has 0 bridgehead atoms. The number of carbonyl (C=O) groups is 1. The summed E-state index contributed by atoms with van der Waals surface area (Å²) in [6.45, 7) is 11.9. The zero-order valence-electron chi connectivity index (χ0n) is 14.1. The fourth-order valence-electron chi connectivity index (χ4n) is 2.22. The number of likely N-dealkylation sites (N-methyl/N-ethyl adjacent to an activating group) is 1. The third-order valence-electron chi connectivity index (χ3n) is 3.80. The van der Waals surface area contributed by atoms with E-state index in [-0.39, 0.29) is 6.04 Å². The quantitative estimate of drug-likeness (QED) is 0.498. The largest absolute Gasteiger partial charge is 0.480 e. The first-order chi connectivity index (χ1) is 9.91. The van der Waals surface area contributed by atoms with Crippen LogP contribution in [0.2, 0.25) is 0 Å². The Bertz CT molecular complexity index is 279. The second-order valence-corrected chi connectivity index (χ2v) is 5.37. The Kier molecular flexibility index (Phi) is 10.6. The first-order valence-electron chi connectivity index (χ1n) is 7.73. The molecule has 0 saturated heterocycles. The molecule has 6 nitrogen and oxygen atoms in total. The van der Waals surface area contributed by atoms with E-state index in [1.165, 1.54) is 0 Å². The molecular weight excluding hydrogens is 272 g/mol. The van der Waals surface area contributed by atoms with Crippen molar-refractivity contribution in [2.24, 2.45) is 0 Å². The van der Waals surface area contributed by atoms with Crippen LogP contribution in [0.4, 0.5) is 0 Å². The standard InChI is InChI=1S/C15H32N2O4/c1-6-20-10-8-17(9-11-21-7-2)13(3)12-15(4,16-5)14(18)19/h13,16H,6-12H2,1-5H3,(H,18,19). The SMILES string of the molecule is CCOCCN(CCOCC)C(C)CC(C)(NC)C(=O)O. The molecule has 0 aliphatic carbocycles. The van der Waals surface area contributed by atoms with Crippen LogP contribution in [0.15, 0.2) is 0 Å². The monoisotopic (exact) mass is 304 g/mol. The number of hydrogen-bond donors (Lipinski definition) is 2. The van der Waals surface area contributed by atoms with Crippen molar-refractivity contribution >= 4 is 5.97 Å². The van der Waals surface area contributed by atoms with Crippen LogP contribution < -0.4 is 5.32 Å². The van der Waals surface area contributed by atoms with Crippen LogP contribution in [0.25, 0.3) is 0 Å². The average molecular weight is 304 g/mol. The number of aliphatic carboxylic acids is 1. The fourth-order valence-corrected chi connectivity index (χ4v) is 2.22. The number of rotatable bonds is 13. The lowest BCUT2D eigenvalue weighted by molar-refractivity contribution is -0.144. The normalized spacial score (nSPS) is 15.9. The Balaban J connectivity index is 4.59. The summed E-state index contributed by atoms with van der Waals surface area (Å²) >= 11 is 0. The van der Waals surface area contributed by atoms with Gasteiger partial charge in [0.15, 0.2) is 0 Å². The maximum atomic E-state index is 11.4. The lowest BCUT2D eigenvalue weighted by Gasteiger charge is -2.34. The van der Waals surface area contributed by atoms with E-state index in [4.69, 9.17) is 9.47 Å². The van der Waals surface area contributed by atoms with Gasteiger partial charge in [-0.15, -0.1) is 0 Å². The van der Waals surface area contributed by atoms with Gasteiger partial charge in [0.05, 0.1) is 13.2 Å². The molecule has 0 aliphatic rings. The lowest BCUT2D eigenvalue weighted by atomic mass is 9.93. The third kappa shape index (κ3) is 7.76. The van der Waals surface area contributed by atoms with E-state index in [2.05, 4.69) is 17.1 Å². The Morgan fingerprint density at radius 2 is 1.71 bits per heavy atom. The summed E-state index contributed by atoms with van der Waals surface area (Å²) in [5.74, 6) is -0.827. The molecule has 0 spiro atoms. The molecule has 0 saturated carbocycles. The minimum absolute atomic E-state index is 0.125. The molecule has 0 amide bonds. The van der Waals surface area contributed by atoms with Crippen molar-refractivity contribution in [2.45, 2.75) is 45.7 Å². The molecule has 126 valence electrons. The lowest BCUT2D eigenvalue weighted by Crippen LogP contribution is -2.52. The molecule has 2 N–H and O–H groups in total. The number of carboxylic acid groups (broad SMARTS) is 1. The average Bonchev–Trinajstić information content (AvgIpc) is 2.45. The molecule has 0 aromatic heterocycles. The summed E-state index contributed by atoms with van der Waals surface area (Å²) in [6.07, 6.45) is 0.525. The zero-order chi connectivity index (χ0) is 16.3. The van der Waals surface area contributed by atoms with Crippen LogP contribution in [-0.2, 0) is 14.3 Å². The van der Waals surface area contributed by atoms with E-state index < -0.39 is 11.5 Å². The number of nitrogens with one attached hydrogen (secondary N) is 1. The van der Waals surface area contributed by atoms with Crippen LogP contribution in [0.1, 0.15) is 34.1 Å². The van der Waals surface area contributed by atoms with E-state index >= 15 is 0 Å². The molecular formula is C15H32N2O4. The van der Waals surface area contributed by atoms with Crippen LogP contribution in [0, 0.1) is 0 Å². The van der Waals surface area contributed by atoms with E-state index in [0.29, 0.717) is 32.8 Å². The number of nitrogens with zero attached hydrogens (tertiary/aromatic N) is 1. The molecule has 6 heteroatoms. The van der Waals surface area contributed by atoms with Gasteiger partial charge in [-0.05, 0) is 41.2 Å². The van der Waals surface area contributed by atoms with Crippen molar-refractivity contribution in [1.29, 1.82) is 0 Å². The molecule has 0 heterocycles. The molecule has 0 aliphatic heterocycles. The summed E-state index contributed by atoms with van der Waals surface area (Å²) in [4.78, 5) is 13.6. The number of carboxylic acids is 1. The van der Waals surface area contributed by atoms with Crippen molar-refractivity contribution < 1.29 is 19.4 Å². The third-order valence-corrected chi connectivity index (χ3v) is 3.80. The minimum Gasteiger partial charge on any atom is -0.480 e. The van der Waals surface area contributed by atoms with Gasteiger partial charge in [0, 0.05) is 32.3 Å². The minimum atomic E-state index is -0.922. The molecule has 0 radical (unpaired) electrons. The Labute approximate surface area is 128 Å². The molecule has 0 fully saturated rings. The van der Waals surface area contributed by atoms with E-state index in [0.717, 1.165) is 13.1 Å². The maximum Gasteiger partial charge on any atom is 0.323 e. The molecule has 0 rings (SSSR count). The van der Waals surface area contributed by atoms with Crippen LogP contribution >= 0.6 is 0 Å². The predicted octanol–water partition coefficient (Wildman–Crippen LogP) is 1.20. The van der Waals surface area contributed by atoms with E-state index in [9.17, 15) is 9.90 Å². The second kappa shape index (κ2) is 11.0. The van der Waals surface area contributed by atoms with Crippen molar-refractivity contribution in [2.75, 3.05) is 46.6 Å². The molecule has 0 aromatic carbocycles. The summed E-state index contributed by atoms with van der Waals surface area (Å²) in [7, 11) is 1.69. The van der Waals surface area contributed by atoms with Gasteiger partial charge in [0.1, 0.15) is 5.54 Å². The van der Waals surface area contributed by atoms with E-state index in [1.54, 1.807) is 14.0 Å². The highest BCUT2D eigenvalue weighted by molar-refractivity contribution is 5.78. The topological polar surface area (TPSA) is 71.0 Å². The summed E-state index contributed by atoms with van der Waals surface area (Å²) in [5, 5.41) is 12.3. The summed E-state index contributed by atoms with van der Waals surface area (Å²) < 4.78 is 10.8. The smallest absolute Gasteiger partial charge is 0.323 e. The van der Waals surface area contributed by atoms with Crippen LogP contribution in [0.5, 0.6) is 0 Å². The first-order valence-corrected chi connectivity index (χ1v) is 7.73. The summed E-state index contributed by atoms with van der Waals surface area (Å²) in [5.41, 5.74) is -0.922. The fraction of sp³-hybridized carbons (Fsp3) is 0.933. The Morgan fingerprint density at radius 3 is 2.05 bits per heavy atom. The van der Waals surface area contributed by atoms with Gasteiger partial charge in [-0.25, -0.2) is 0 Å². The highest BCUT2D eigenvalue weighted by atomic mass is 16.5. The van der Waals surface area contributed by atoms with Gasteiger partial charge >= 0.3 is 5.97 Å². The van der Waals surface area contributed by atoms with Crippen molar-refractivity contribution in [3.05, 3.63) is 0 Å². The van der Waals surface area contributed by atoms with Crippen LogP contribution in [-0.4, -0.2) is 74.1 Å². The van der Waals surface area contributed by atoms with Gasteiger partial charge in [-0.3, -0.25) is 9.69 Å². The van der Waals surface area contributed by atoms with Crippen molar-refractivity contribution in [3.8, 4) is 0 Å².